The van der Waals surface area contributed by atoms with Gasteiger partial charge in [-0.2, -0.15) is 0 Å². The minimum atomic E-state index is 0.818. The van der Waals surface area contributed by atoms with E-state index in [0.717, 1.165) is 25.5 Å². The Morgan fingerprint density at radius 2 is 2.31 bits per heavy atom. The Balaban J connectivity index is 2.39. The summed E-state index contributed by atoms with van der Waals surface area (Å²) >= 11 is 3.46. The number of rotatable bonds is 4. The number of likely N-dealkylation sites (N-methyl/N-ethyl adjacent to an activating group) is 1. The van der Waals surface area contributed by atoms with Crippen molar-refractivity contribution in [1.29, 1.82) is 0 Å². The molecule has 1 heterocycles. The number of unbranched alkanes of at least 4 members (excludes halogenated alkanes) is 1. The largest absolute Gasteiger partial charge is 0.479 e. The molecule has 0 fully saturated rings. The van der Waals surface area contributed by atoms with E-state index in [2.05, 4.69) is 27.8 Å². The van der Waals surface area contributed by atoms with Gasteiger partial charge in [-0.05, 0) is 18.6 Å². The van der Waals surface area contributed by atoms with Crippen molar-refractivity contribution in [2.45, 2.75) is 19.8 Å². The molecule has 0 amide bonds. The monoisotopic (exact) mass is 245 g/mol. The molecule has 0 aromatic rings. The highest BCUT2D eigenvalue weighted by Crippen LogP contribution is 2.17. The van der Waals surface area contributed by atoms with Gasteiger partial charge in [0.1, 0.15) is 0 Å². The van der Waals surface area contributed by atoms with Crippen molar-refractivity contribution in [2.24, 2.45) is 0 Å². The van der Waals surface area contributed by atoms with Crippen LogP contribution in [0.2, 0.25) is 0 Å². The van der Waals surface area contributed by atoms with Crippen LogP contribution in [0.5, 0.6) is 0 Å². The molecule has 0 aromatic heterocycles. The molecule has 0 saturated heterocycles. The topological polar surface area (TPSA) is 12.5 Å². The van der Waals surface area contributed by atoms with Crippen LogP contribution < -0.4 is 0 Å². The number of halogens is 1. The molecule has 2 nitrogen and oxygen atoms in total. The van der Waals surface area contributed by atoms with Gasteiger partial charge < -0.3 is 9.64 Å². The van der Waals surface area contributed by atoms with E-state index >= 15 is 0 Å². The van der Waals surface area contributed by atoms with E-state index in [0.29, 0.717) is 0 Å². The van der Waals surface area contributed by atoms with Crippen molar-refractivity contribution in [3.05, 3.63) is 22.5 Å². The van der Waals surface area contributed by atoms with E-state index in [1.807, 2.05) is 19.2 Å². The van der Waals surface area contributed by atoms with Gasteiger partial charge in [-0.15, -0.1) is 0 Å². The minimum Gasteiger partial charge on any atom is -0.479 e. The molecule has 74 valence electrons. The lowest BCUT2D eigenvalue weighted by Gasteiger charge is -2.24. The van der Waals surface area contributed by atoms with Crippen molar-refractivity contribution >= 4 is 15.9 Å². The van der Waals surface area contributed by atoms with Crippen LogP contribution in [0.1, 0.15) is 19.8 Å². The second kappa shape index (κ2) is 5.32. The fourth-order valence-electron chi connectivity index (χ4n) is 1.13. The summed E-state index contributed by atoms with van der Waals surface area (Å²) in [7, 11) is 2.03. The van der Waals surface area contributed by atoms with Gasteiger partial charge >= 0.3 is 0 Å². The third-order valence-electron chi connectivity index (χ3n) is 1.92. The van der Waals surface area contributed by atoms with Crippen LogP contribution in [0.3, 0.4) is 0 Å². The molecule has 1 aliphatic heterocycles. The first kappa shape index (κ1) is 10.6. The number of hydrogen-bond acceptors (Lipinski definition) is 2. The third kappa shape index (κ3) is 3.43. The lowest BCUT2D eigenvalue weighted by molar-refractivity contribution is 0.129. The number of hydrogen-bond donors (Lipinski definition) is 0. The summed E-state index contributed by atoms with van der Waals surface area (Å²) in [5, 5.41) is 0. The van der Waals surface area contributed by atoms with Gasteiger partial charge in [-0.25, -0.2) is 0 Å². The molecule has 0 radical (unpaired) electrons. The molecule has 0 unspecified atom stereocenters. The molecule has 0 aliphatic carbocycles. The van der Waals surface area contributed by atoms with Gasteiger partial charge in [0.15, 0.2) is 5.88 Å². The highest BCUT2D eigenvalue weighted by atomic mass is 79.9. The van der Waals surface area contributed by atoms with Crippen molar-refractivity contribution in [1.82, 2.24) is 4.90 Å². The van der Waals surface area contributed by atoms with Crippen molar-refractivity contribution in [3.8, 4) is 0 Å². The van der Waals surface area contributed by atoms with Gasteiger partial charge in [0.2, 0.25) is 0 Å². The number of nitrogens with zero attached hydrogens (tertiary/aromatic N) is 1. The normalized spacial score (nSPS) is 16.7. The lowest BCUT2D eigenvalue weighted by Crippen LogP contribution is -2.23. The van der Waals surface area contributed by atoms with Crippen LogP contribution >= 0.6 is 15.9 Å². The highest BCUT2D eigenvalue weighted by molar-refractivity contribution is 9.11. The fourth-order valence-corrected chi connectivity index (χ4v) is 1.63. The Labute approximate surface area is 88.4 Å². The molecule has 1 rings (SSSR count). The van der Waals surface area contributed by atoms with Crippen LogP contribution in [0.4, 0.5) is 0 Å². The standard InChI is InChI=1S/C10H16BrNO/c1-3-4-7-13-10-6-5-9(11)8-12(10)2/h5-6H,3-4,7-8H2,1-2H3. The van der Waals surface area contributed by atoms with Gasteiger partial charge in [-0.1, -0.05) is 29.3 Å². The molecular formula is C10H16BrNO. The van der Waals surface area contributed by atoms with Crippen LogP contribution in [-0.2, 0) is 4.74 Å². The van der Waals surface area contributed by atoms with E-state index in [1.54, 1.807) is 0 Å². The molecule has 0 atom stereocenters. The maximum atomic E-state index is 5.61. The Morgan fingerprint density at radius 3 is 2.92 bits per heavy atom. The second-order valence-corrected chi connectivity index (χ2v) is 4.20. The predicted octanol–water partition coefficient (Wildman–Crippen LogP) is 2.87. The molecule has 0 spiro atoms. The summed E-state index contributed by atoms with van der Waals surface area (Å²) in [5.41, 5.74) is 0. The zero-order valence-electron chi connectivity index (χ0n) is 8.22. The smallest absolute Gasteiger partial charge is 0.189 e. The van der Waals surface area contributed by atoms with Crippen LogP contribution in [0, 0.1) is 0 Å². The predicted molar refractivity (Wildman–Crippen MR) is 58.6 cm³/mol. The molecule has 13 heavy (non-hydrogen) atoms. The molecule has 0 N–H and O–H groups in total. The molecule has 1 aliphatic rings. The Kier molecular flexibility index (Phi) is 4.36. The average molecular weight is 246 g/mol. The summed E-state index contributed by atoms with van der Waals surface area (Å²) in [6, 6.07) is 0. The number of allylic oxidation sites excluding steroid dienone is 2. The summed E-state index contributed by atoms with van der Waals surface area (Å²) in [6.45, 7) is 3.88. The van der Waals surface area contributed by atoms with Crippen molar-refractivity contribution in [3.63, 3.8) is 0 Å². The zero-order valence-corrected chi connectivity index (χ0v) is 9.80. The SMILES string of the molecule is CCCCOC1=CC=C(Br)CN1C. The van der Waals surface area contributed by atoms with E-state index < -0.39 is 0 Å². The van der Waals surface area contributed by atoms with Gasteiger partial charge in [0.25, 0.3) is 0 Å². The van der Waals surface area contributed by atoms with Gasteiger partial charge in [-0.3, -0.25) is 0 Å². The Bertz CT molecular complexity index is 223. The summed E-state index contributed by atoms with van der Waals surface area (Å²) in [5.74, 6) is 0.969. The van der Waals surface area contributed by atoms with Crippen LogP contribution in [-0.4, -0.2) is 25.1 Å². The van der Waals surface area contributed by atoms with Crippen molar-refractivity contribution < 1.29 is 4.74 Å². The number of ether oxygens (including phenoxy) is 1. The summed E-state index contributed by atoms with van der Waals surface area (Å²) in [6.07, 6.45) is 6.34. The Morgan fingerprint density at radius 1 is 1.54 bits per heavy atom. The van der Waals surface area contributed by atoms with E-state index in [-0.39, 0.29) is 0 Å². The molecule has 3 heteroatoms. The first-order chi connectivity index (χ1) is 6.24. The first-order valence-electron chi connectivity index (χ1n) is 4.64. The van der Waals surface area contributed by atoms with E-state index in [9.17, 15) is 0 Å². The third-order valence-corrected chi connectivity index (χ3v) is 2.43. The highest BCUT2D eigenvalue weighted by Gasteiger charge is 2.10. The quantitative estimate of drug-likeness (QED) is 0.707. The minimum absolute atomic E-state index is 0.818. The molecule has 0 aromatic carbocycles. The van der Waals surface area contributed by atoms with Crippen LogP contribution in [0.15, 0.2) is 22.5 Å². The maximum absolute atomic E-state index is 5.61. The summed E-state index contributed by atoms with van der Waals surface area (Å²) in [4.78, 5) is 2.10. The van der Waals surface area contributed by atoms with Gasteiger partial charge in [0, 0.05) is 11.5 Å². The first-order valence-corrected chi connectivity index (χ1v) is 5.43. The Hall–Kier alpha value is -0.440. The van der Waals surface area contributed by atoms with Crippen LogP contribution in [0.25, 0.3) is 0 Å². The molecular weight excluding hydrogens is 230 g/mol. The molecule has 0 bridgehead atoms. The maximum Gasteiger partial charge on any atom is 0.189 e. The summed E-state index contributed by atoms with van der Waals surface area (Å²) < 4.78 is 6.80. The van der Waals surface area contributed by atoms with E-state index in [4.69, 9.17) is 4.74 Å². The lowest BCUT2D eigenvalue weighted by atomic mass is 10.3. The van der Waals surface area contributed by atoms with Crippen molar-refractivity contribution in [2.75, 3.05) is 20.2 Å². The zero-order chi connectivity index (χ0) is 9.68. The van der Waals surface area contributed by atoms with Gasteiger partial charge in [0.05, 0.1) is 13.2 Å². The second-order valence-electron chi connectivity index (χ2n) is 3.18. The average Bonchev–Trinajstić information content (AvgIpc) is 2.09. The molecule has 0 saturated carbocycles. The van der Waals surface area contributed by atoms with E-state index in [1.165, 1.54) is 10.9 Å². The fraction of sp³-hybridized carbons (Fsp3) is 0.600.